The SMILES string of the molecule is CCCC1CCC(NCC)C(N2CCOCC2CC)C1. The van der Waals surface area contributed by atoms with Gasteiger partial charge in [-0.05, 0) is 38.1 Å². The monoisotopic (exact) mass is 282 g/mol. The van der Waals surface area contributed by atoms with Gasteiger partial charge in [0, 0.05) is 24.7 Å². The standard InChI is InChI=1S/C17H34N2O/c1-4-7-14-8-9-16(18-6-3)17(12-14)19-10-11-20-13-15(19)5-2/h14-18H,4-13H2,1-3H3. The smallest absolute Gasteiger partial charge is 0.0622 e. The van der Waals surface area contributed by atoms with E-state index < -0.39 is 0 Å². The van der Waals surface area contributed by atoms with E-state index in [0.717, 1.165) is 38.3 Å². The second kappa shape index (κ2) is 8.35. The molecule has 0 aromatic rings. The molecular weight excluding hydrogens is 248 g/mol. The van der Waals surface area contributed by atoms with Crippen LogP contribution in [0, 0.1) is 5.92 Å². The predicted molar refractivity (Wildman–Crippen MR) is 85.1 cm³/mol. The molecule has 4 atom stereocenters. The first-order valence-electron chi connectivity index (χ1n) is 8.86. The molecule has 1 saturated heterocycles. The molecule has 0 aromatic heterocycles. The molecule has 1 heterocycles. The maximum atomic E-state index is 5.70. The Hall–Kier alpha value is -0.120. The largest absolute Gasteiger partial charge is 0.378 e. The minimum Gasteiger partial charge on any atom is -0.378 e. The Kier molecular flexibility index (Phi) is 6.79. The van der Waals surface area contributed by atoms with E-state index in [-0.39, 0.29) is 0 Å². The average molecular weight is 282 g/mol. The van der Waals surface area contributed by atoms with Crippen molar-refractivity contribution in [3.05, 3.63) is 0 Å². The Balaban J connectivity index is 2.04. The Morgan fingerprint density at radius 1 is 1.20 bits per heavy atom. The minimum atomic E-state index is 0.635. The van der Waals surface area contributed by atoms with Crippen molar-refractivity contribution in [2.24, 2.45) is 5.92 Å². The second-order valence-corrected chi connectivity index (χ2v) is 6.57. The van der Waals surface area contributed by atoms with Gasteiger partial charge in [0.1, 0.15) is 0 Å². The zero-order chi connectivity index (χ0) is 14.4. The van der Waals surface area contributed by atoms with Crippen LogP contribution in [0.1, 0.15) is 59.3 Å². The summed E-state index contributed by atoms with van der Waals surface area (Å²) in [6, 6.07) is 2.06. The lowest BCUT2D eigenvalue weighted by atomic mass is 9.79. The molecule has 4 unspecified atom stereocenters. The van der Waals surface area contributed by atoms with Gasteiger partial charge in [-0.3, -0.25) is 4.90 Å². The van der Waals surface area contributed by atoms with Gasteiger partial charge in [0.2, 0.25) is 0 Å². The van der Waals surface area contributed by atoms with Gasteiger partial charge in [-0.2, -0.15) is 0 Å². The first-order valence-corrected chi connectivity index (χ1v) is 8.86. The summed E-state index contributed by atoms with van der Waals surface area (Å²) in [4.78, 5) is 2.78. The highest BCUT2D eigenvalue weighted by Crippen LogP contribution is 2.33. The number of morpholine rings is 1. The van der Waals surface area contributed by atoms with Crippen LogP contribution in [0.2, 0.25) is 0 Å². The van der Waals surface area contributed by atoms with Gasteiger partial charge in [0.05, 0.1) is 13.2 Å². The van der Waals surface area contributed by atoms with E-state index in [9.17, 15) is 0 Å². The van der Waals surface area contributed by atoms with Crippen molar-refractivity contribution in [2.45, 2.75) is 77.4 Å². The molecule has 118 valence electrons. The summed E-state index contributed by atoms with van der Waals surface area (Å²) in [6.07, 6.45) is 8.13. The molecule has 1 aliphatic heterocycles. The molecule has 1 aliphatic carbocycles. The molecule has 2 rings (SSSR count). The second-order valence-electron chi connectivity index (χ2n) is 6.57. The number of ether oxygens (including phenoxy) is 1. The highest BCUT2D eigenvalue weighted by Gasteiger charge is 2.37. The van der Waals surface area contributed by atoms with Gasteiger partial charge >= 0.3 is 0 Å². The maximum Gasteiger partial charge on any atom is 0.0622 e. The van der Waals surface area contributed by atoms with E-state index in [2.05, 4.69) is 31.0 Å². The topological polar surface area (TPSA) is 24.5 Å². The van der Waals surface area contributed by atoms with E-state index in [1.165, 1.54) is 38.5 Å². The highest BCUT2D eigenvalue weighted by molar-refractivity contribution is 4.94. The normalized spacial score (nSPS) is 36.1. The number of hydrogen-bond acceptors (Lipinski definition) is 3. The lowest BCUT2D eigenvalue weighted by Gasteiger charge is -2.48. The first-order chi connectivity index (χ1) is 9.80. The zero-order valence-electron chi connectivity index (χ0n) is 13.7. The van der Waals surface area contributed by atoms with E-state index >= 15 is 0 Å². The molecule has 0 aromatic carbocycles. The highest BCUT2D eigenvalue weighted by atomic mass is 16.5. The van der Waals surface area contributed by atoms with Crippen LogP contribution in [0.25, 0.3) is 0 Å². The van der Waals surface area contributed by atoms with Crippen LogP contribution in [0.5, 0.6) is 0 Å². The molecule has 1 N–H and O–H groups in total. The number of likely N-dealkylation sites (N-methyl/N-ethyl adjacent to an activating group) is 1. The van der Waals surface area contributed by atoms with Gasteiger partial charge in [-0.1, -0.05) is 33.6 Å². The molecule has 3 nitrogen and oxygen atoms in total. The minimum absolute atomic E-state index is 0.635. The van der Waals surface area contributed by atoms with Gasteiger partial charge in [-0.15, -0.1) is 0 Å². The molecular formula is C17H34N2O. The molecule has 0 bridgehead atoms. The molecule has 0 spiro atoms. The summed E-state index contributed by atoms with van der Waals surface area (Å²) in [5.74, 6) is 0.945. The summed E-state index contributed by atoms with van der Waals surface area (Å²) in [5.41, 5.74) is 0. The van der Waals surface area contributed by atoms with E-state index in [0.29, 0.717) is 12.1 Å². The van der Waals surface area contributed by atoms with E-state index in [1.54, 1.807) is 0 Å². The fourth-order valence-corrected chi connectivity index (χ4v) is 4.23. The van der Waals surface area contributed by atoms with Crippen LogP contribution in [0.15, 0.2) is 0 Å². The Morgan fingerprint density at radius 2 is 2.05 bits per heavy atom. The van der Waals surface area contributed by atoms with Crippen molar-refractivity contribution in [3.63, 3.8) is 0 Å². The van der Waals surface area contributed by atoms with Crippen molar-refractivity contribution in [2.75, 3.05) is 26.3 Å². The maximum absolute atomic E-state index is 5.70. The third kappa shape index (κ3) is 3.96. The fourth-order valence-electron chi connectivity index (χ4n) is 4.23. The average Bonchev–Trinajstić information content (AvgIpc) is 2.49. The number of hydrogen-bond donors (Lipinski definition) is 1. The van der Waals surface area contributed by atoms with Crippen LogP contribution < -0.4 is 5.32 Å². The number of nitrogens with one attached hydrogen (secondary N) is 1. The van der Waals surface area contributed by atoms with Crippen LogP contribution >= 0.6 is 0 Å². The summed E-state index contributed by atoms with van der Waals surface area (Å²) >= 11 is 0. The van der Waals surface area contributed by atoms with E-state index in [4.69, 9.17) is 4.74 Å². The van der Waals surface area contributed by atoms with Gasteiger partial charge < -0.3 is 10.1 Å². The zero-order valence-corrected chi connectivity index (χ0v) is 13.7. The molecule has 3 heteroatoms. The van der Waals surface area contributed by atoms with Crippen LogP contribution in [-0.2, 0) is 4.74 Å². The third-order valence-electron chi connectivity index (χ3n) is 5.26. The Bertz CT molecular complexity index is 272. The molecule has 0 amide bonds. The lowest BCUT2D eigenvalue weighted by molar-refractivity contribution is -0.0498. The molecule has 2 fully saturated rings. The lowest BCUT2D eigenvalue weighted by Crippen LogP contribution is -2.59. The van der Waals surface area contributed by atoms with Crippen molar-refractivity contribution in [1.29, 1.82) is 0 Å². The molecule has 2 aliphatic rings. The quantitative estimate of drug-likeness (QED) is 0.810. The van der Waals surface area contributed by atoms with Crippen LogP contribution in [0.4, 0.5) is 0 Å². The number of rotatable bonds is 6. The predicted octanol–water partition coefficient (Wildman–Crippen LogP) is 3.04. The molecule has 0 radical (unpaired) electrons. The number of nitrogens with zero attached hydrogens (tertiary/aromatic N) is 1. The summed E-state index contributed by atoms with van der Waals surface area (Å²) in [5, 5.41) is 3.76. The van der Waals surface area contributed by atoms with Gasteiger partial charge in [0.25, 0.3) is 0 Å². The molecule has 1 saturated carbocycles. The summed E-state index contributed by atoms with van der Waals surface area (Å²) in [7, 11) is 0. The van der Waals surface area contributed by atoms with Gasteiger partial charge in [0.15, 0.2) is 0 Å². The van der Waals surface area contributed by atoms with Gasteiger partial charge in [-0.25, -0.2) is 0 Å². The fraction of sp³-hybridized carbons (Fsp3) is 1.00. The Morgan fingerprint density at radius 3 is 2.75 bits per heavy atom. The van der Waals surface area contributed by atoms with Crippen molar-refractivity contribution < 1.29 is 4.74 Å². The van der Waals surface area contributed by atoms with E-state index in [1.807, 2.05) is 0 Å². The summed E-state index contributed by atoms with van der Waals surface area (Å²) in [6.45, 7) is 11.0. The Labute approximate surface area is 125 Å². The summed E-state index contributed by atoms with van der Waals surface area (Å²) < 4.78 is 5.70. The first kappa shape index (κ1) is 16.3. The van der Waals surface area contributed by atoms with Crippen molar-refractivity contribution in [1.82, 2.24) is 10.2 Å². The van der Waals surface area contributed by atoms with Crippen molar-refractivity contribution >= 4 is 0 Å². The van der Waals surface area contributed by atoms with Crippen LogP contribution in [0.3, 0.4) is 0 Å². The third-order valence-corrected chi connectivity index (χ3v) is 5.26. The molecule has 20 heavy (non-hydrogen) atoms. The van der Waals surface area contributed by atoms with Crippen molar-refractivity contribution in [3.8, 4) is 0 Å². The van der Waals surface area contributed by atoms with Crippen LogP contribution in [-0.4, -0.2) is 49.3 Å².